The van der Waals surface area contributed by atoms with E-state index in [2.05, 4.69) is 81.4 Å². The van der Waals surface area contributed by atoms with Gasteiger partial charge in [-0.15, -0.1) is 0 Å². The molecule has 2 N–H and O–H groups in total. The van der Waals surface area contributed by atoms with E-state index in [1.54, 1.807) is 0 Å². The molecule has 0 aromatic carbocycles. The zero-order valence-corrected chi connectivity index (χ0v) is 63.5. The normalized spacial score (nSPS) is 44.0. The largest absolute Gasteiger partial charge is 0.378 e. The van der Waals surface area contributed by atoms with Crippen LogP contribution in [0.2, 0.25) is 0 Å². The van der Waals surface area contributed by atoms with Crippen molar-refractivity contribution in [2.75, 3.05) is 26.4 Å². The molecule has 11 fully saturated rings. The van der Waals surface area contributed by atoms with Gasteiger partial charge in [-0.2, -0.15) is 0 Å². The molecule has 6 heteroatoms. The van der Waals surface area contributed by atoms with E-state index in [9.17, 15) is 0 Å². The zero-order chi connectivity index (χ0) is 65.5. The van der Waals surface area contributed by atoms with E-state index in [0.717, 1.165) is 97.4 Å². The van der Waals surface area contributed by atoms with Gasteiger partial charge in [0.25, 0.3) is 0 Å². The van der Waals surface area contributed by atoms with Crippen LogP contribution < -0.4 is 10.6 Å². The minimum absolute atomic E-state index is 0.292. The van der Waals surface area contributed by atoms with Gasteiger partial charge >= 0.3 is 0 Å². The zero-order valence-electron chi connectivity index (χ0n) is 63.5. The third kappa shape index (κ3) is 19.5. The van der Waals surface area contributed by atoms with Crippen molar-refractivity contribution in [2.45, 2.75) is 387 Å². The van der Waals surface area contributed by atoms with Crippen LogP contribution in [0.5, 0.6) is 0 Å². The molecule has 11 saturated carbocycles. The highest BCUT2D eigenvalue weighted by Gasteiger charge is 2.56. The predicted octanol–water partition coefficient (Wildman–Crippen LogP) is 23.1. The Kier molecular flexibility index (Phi) is 29.6. The third-order valence-electron chi connectivity index (χ3n) is 29.7. The Labute approximate surface area is 582 Å². The summed E-state index contributed by atoms with van der Waals surface area (Å²) in [7, 11) is 0. The van der Waals surface area contributed by atoms with E-state index in [-0.39, 0.29) is 0 Å². The first kappa shape index (κ1) is 74.4. The van der Waals surface area contributed by atoms with E-state index in [0.29, 0.717) is 95.9 Å². The minimum Gasteiger partial charge on any atom is -0.378 e. The van der Waals surface area contributed by atoms with E-state index in [4.69, 9.17) is 29.6 Å². The number of ether oxygens (including phenoxy) is 4. The van der Waals surface area contributed by atoms with Crippen LogP contribution in [-0.4, -0.2) is 75.0 Å². The first-order valence-electron chi connectivity index (χ1n) is 43.3. The van der Waals surface area contributed by atoms with Gasteiger partial charge in [0.1, 0.15) is 0 Å². The topological polar surface area (TPSA) is 61.0 Å². The van der Waals surface area contributed by atoms with Crippen LogP contribution in [0.25, 0.3) is 0 Å². The summed E-state index contributed by atoms with van der Waals surface area (Å²) in [6.45, 7) is 28.3. The van der Waals surface area contributed by atoms with Crippen molar-refractivity contribution in [1.82, 2.24) is 10.6 Å². The summed E-state index contributed by atoms with van der Waals surface area (Å²) in [5.41, 5.74) is 3.91. The monoisotopic (exact) mass is 1300 g/mol. The number of unbranched alkanes of at least 4 members (excludes halogenated alkanes) is 4. The number of rotatable bonds is 28. The van der Waals surface area contributed by atoms with Gasteiger partial charge in [-0.3, -0.25) is 0 Å². The molecule has 0 spiro atoms. The van der Waals surface area contributed by atoms with Crippen molar-refractivity contribution >= 4 is 0 Å². The SMILES string of the molecule is CCCCOC1CC(C)CC(OCCCC)C1C1CC(C=C(C2CCC(C)CC2)C2CCC(C)CC2)CCC1NC1C2CCCCC2C(NC2CCC(C=C(C3CCC(C)CC3)C3CCC(C)CC3)CC2C2C(OCCCC)CC(C)CC2OCCCC)C2CCCCC21. The van der Waals surface area contributed by atoms with Crippen LogP contribution in [0.15, 0.2) is 23.3 Å². The summed E-state index contributed by atoms with van der Waals surface area (Å²) in [4.78, 5) is 0. The first-order chi connectivity index (χ1) is 45.9. The van der Waals surface area contributed by atoms with Crippen molar-refractivity contribution < 1.29 is 18.9 Å². The molecule has 0 heterocycles. The molecule has 14 unspecified atom stereocenters. The van der Waals surface area contributed by atoms with Crippen molar-refractivity contribution in [3.05, 3.63) is 23.3 Å². The fourth-order valence-corrected chi connectivity index (χ4v) is 24.2. The lowest BCUT2D eigenvalue weighted by Gasteiger charge is -2.59. The van der Waals surface area contributed by atoms with Crippen molar-refractivity contribution in [3.8, 4) is 0 Å². The second kappa shape index (κ2) is 37.4. The molecule has 540 valence electrons. The van der Waals surface area contributed by atoms with E-state index in [1.165, 1.54) is 270 Å². The lowest BCUT2D eigenvalue weighted by Crippen LogP contribution is -2.67. The number of allylic oxidation sites excluding steroid dienone is 4. The van der Waals surface area contributed by atoms with Gasteiger partial charge in [0.2, 0.25) is 0 Å². The lowest BCUT2D eigenvalue weighted by molar-refractivity contribution is -0.138. The van der Waals surface area contributed by atoms with Gasteiger partial charge in [-0.1, -0.05) is 195 Å². The maximum Gasteiger partial charge on any atom is 0.0633 e. The van der Waals surface area contributed by atoms with Crippen LogP contribution in [0.4, 0.5) is 0 Å². The van der Waals surface area contributed by atoms with Crippen LogP contribution in [0.1, 0.15) is 339 Å². The number of fused-ring (bicyclic) bond motifs is 2. The molecule has 0 aromatic heterocycles. The number of nitrogens with one attached hydrogen (secondary N) is 2. The van der Waals surface area contributed by atoms with Crippen LogP contribution in [0.3, 0.4) is 0 Å². The summed E-state index contributed by atoms with van der Waals surface area (Å²) in [5, 5.41) is 10.1. The first-order valence-corrected chi connectivity index (χ1v) is 43.3. The van der Waals surface area contributed by atoms with Gasteiger partial charge in [0.15, 0.2) is 0 Å². The summed E-state index contributed by atoms with van der Waals surface area (Å²) in [5.74, 6) is 14.6. The van der Waals surface area contributed by atoms with Crippen molar-refractivity contribution in [1.29, 1.82) is 0 Å². The standard InChI is InChI=1S/C88H154N2O4/c1-11-15-47-91-81-51-63(9)52-82(92-48-16-12-2)85(81)77-57-65(55-75(67-37-27-59(5)28-38-67)68-39-29-60(6)30-40-68)35-45-79(77)89-87-71-23-19-21-25-73(71)88(74-26-22-20-24-72(74)87)90-80-46-36-66(56-76(69-41-31-61(7)32-42-69)70-43-33-62(8)34-44-70)58-78(80)86-83(93-49-17-13-3)53-64(10)54-84(86)94-50-18-14-4/h55-56,59-74,77-90H,11-54,57-58H2,1-10H3. The lowest BCUT2D eigenvalue weighted by atomic mass is 9.54. The second-order valence-electron chi connectivity index (χ2n) is 36.8. The summed E-state index contributed by atoms with van der Waals surface area (Å²) < 4.78 is 29.5. The Hall–Kier alpha value is -0.760. The Morgan fingerprint density at radius 2 is 0.564 bits per heavy atom. The van der Waals surface area contributed by atoms with Crippen LogP contribution in [-0.2, 0) is 18.9 Å². The summed E-state index contributed by atoms with van der Waals surface area (Å²) in [6.07, 6.45) is 64.0. The molecule has 11 rings (SSSR count). The van der Waals surface area contributed by atoms with Gasteiger partial charge in [-0.25, -0.2) is 0 Å². The number of hydrogen-bond acceptors (Lipinski definition) is 6. The molecule has 14 atom stereocenters. The fourth-order valence-electron chi connectivity index (χ4n) is 24.2. The van der Waals surface area contributed by atoms with Gasteiger partial charge in [0.05, 0.1) is 24.4 Å². The maximum absolute atomic E-state index is 7.38. The van der Waals surface area contributed by atoms with Crippen molar-refractivity contribution in [2.24, 2.45) is 118 Å². The molecular weight excluding hydrogens is 1150 g/mol. The highest BCUT2D eigenvalue weighted by atomic mass is 16.5. The molecule has 0 saturated heterocycles. The molecule has 0 amide bonds. The molecule has 11 aliphatic rings. The maximum atomic E-state index is 7.38. The average Bonchev–Trinajstić information content (AvgIpc) is 0.760. The molecule has 0 bridgehead atoms. The van der Waals surface area contributed by atoms with Crippen LogP contribution >= 0.6 is 0 Å². The fraction of sp³-hybridized carbons (Fsp3) is 0.955. The highest BCUT2D eigenvalue weighted by Crippen LogP contribution is 2.55. The molecule has 0 radical (unpaired) electrons. The van der Waals surface area contributed by atoms with E-state index < -0.39 is 0 Å². The smallest absolute Gasteiger partial charge is 0.0633 e. The second-order valence-corrected chi connectivity index (χ2v) is 36.8. The highest BCUT2D eigenvalue weighted by molar-refractivity contribution is 5.19. The van der Waals surface area contributed by atoms with Crippen LogP contribution in [0, 0.1) is 118 Å². The Balaban J connectivity index is 0.923. The van der Waals surface area contributed by atoms with E-state index in [1.807, 2.05) is 11.1 Å². The average molecular weight is 1300 g/mol. The molecule has 94 heavy (non-hydrogen) atoms. The van der Waals surface area contributed by atoms with Gasteiger partial charge in [-0.05, 0) is 273 Å². The Bertz CT molecular complexity index is 1930. The van der Waals surface area contributed by atoms with Crippen molar-refractivity contribution in [3.63, 3.8) is 0 Å². The molecular formula is C88H154N2O4. The summed E-state index contributed by atoms with van der Waals surface area (Å²) >= 11 is 0. The number of hydrogen-bond donors (Lipinski definition) is 2. The third-order valence-corrected chi connectivity index (χ3v) is 29.7. The Morgan fingerprint density at radius 3 is 0.819 bits per heavy atom. The minimum atomic E-state index is 0.292. The molecule has 6 nitrogen and oxygen atoms in total. The molecule has 11 aliphatic carbocycles. The summed E-state index contributed by atoms with van der Waals surface area (Å²) in [6, 6.07) is 2.29. The predicted molar refractivity (Wildman–Crippen MR) is 397 cm³/mol. The Morgan fingerprint density at radius 1 is 0.298 bits per heavy atom. The molecule has 0 aromatic rings. The van der Waals surface area contributed by atoms with E-state index >= 15 is 0 Å². The van der Waals surface area contributed by atoms with Gasteiger partial charge < -0.3 is 29.6 Å². The molecule has 0 aliphatic heterocycles. The quantitative estimate of drug-likeness (QED) is 0.0601. The van der Waals surface area contributed by atoms with Gasteiger partial charge in [0, 0.05) is 62.4 Å².